The van der Waals surface area contributed by atoms with Gasteiger partial charge >= 0.3 is 5.97 Å². The molecule has 0 bridgehead atoms. The molecule has 0 aliphatic carbocycles. The van der Waals surface area contributed by atoms with Crippen LogP contribution in [0.2, 0.25) is 0 Å². The van der Waals surface area contributed by atoms with E-state index in [0.29, 0.717) is 29.1 Å². The first-order valence-electron chi connectivity index (χ1n) is 5.24. The average Bonchev–Trinajstić information content (AvgIpc) is 2.55. The van der Waals surface area contributed by atoms with E-state index in [1.54, 1.807) is 18.7 Å². The topological polar surface area (TPSA) is 77.2 Å². The number of pyridine rings is 1. The standard InChI is InChI=1S/C11H13N3O3/c1-4-17-9-7(11(15)16)5-12-10-8(9)6(2)13-14(10)3/h5H,4H2,1-3H3,(H,15,16). The summed E-state index contributed by atoms with van der Waals surface area (Å²) >= 11 is 0. The largest absolute Gasteiger partial charge is 0.492 e. The number of aromatic carboxylic acids is 1. The second kappa shape index (κ2) is 4.04. The first kappa shape index (κ1) is 11.4. The molecule has 2 heterocycles. The van der Waals surface area contributed by atoms with Crippen LogP contribution in [0, 0.1) is 6.92 Å². The highest BCUT2D eigenvalue weighted by Gasteiger charge is 2.20. The quantitative estimate of drug-likeness (QED) is 0.869. The lowest BCUT2D eigenvalue weighted by Gasteiger charge is -2.08. The molecule has 0 unspecified atom stereocenters. The molecule has 90 valence electrons. The zero-order valence-corrected chi connectivity index (χ0v) is 9.89. The summed E-state index contributed by atoms with van der Waals surface area (Å²) in [5.74, 6) is -0.707. The van der Waals surface area contributed by atoms with Crippen molar-refractivity contribution >= 4 is 17.0 Å². The minimum atomic E-state index is -1.05. The molecule has 2 aromatic rings. The number of carboxylic acid groups (broad SMARTS) is 1. The van der Waals surface area contributed by atoms with Crippen LogP contribution in [-0.4, -0.2) is 32.4 Å². The van der Waals surface area contributed by atoms with Gasteiger partial charge in [0, 0.05) is 13.2 Å². The maximum atomic E-state index is 11.1. The highest BCUT2D eigenvalue weighted by Crippen LogP contribution is 2.30. The first-order chi connectivity index (χ1) is 8.06. The Morgan fingerprint density at radius 3 is 2.88 bits per heavy atom. The Kier molecular flexibility index (Phi) is 2.71. The molecule has 17 heavy (non-hydrogen) atoms. The van der Waals surface area contributed by atoms with Crippen LogP contribution in [0.4, 0.5) is 0 Å². The van der Waals surface area contributed by atoms with Crippen LogP contribution < -0.4 is 4.74 Å². The van der Waals surface area contributed by atoms with Gasteiger partial charge in [-0.25, -0.2) is 9.78 Å². The van der Waals surface area contributed by atoms with E-state index in [-0.39, 0.29) is 5.56 Å². The number of rotatable bonds is 3. The highest BCUT2D eigenvalue weighted by molar-refractivity contribution is 5.98. The zero-order chi connectivity index (χ0) is 12.6. The maximum Gasteiger partial charge on any atom is 0.341 e. The predicted octanol–water partition coefficient (Wildman–Crippen LogP) is 1.37. The van der Waals surface area contributed by atoms with Crippen LogP contribution in [0.1, 0.15) is 23.0 Å². The van der Waals surface area contributed by atoms with E-state index in [1.807, 2.05) is 6.92 Å². The third-order valence-corrected chi connectivity index (χ3v) is 2.50. The summed E-state index contributed by atoms with van der Waals surface area (Å²) < 4.78 is 7.04. The van der Waals surface area contributed by atoms with Crippen LogP contribution in [0.3, 0.4) is 0 Å². The number of aromatic nitrogens is 3. The summed E-state index contributed by atoms with van der Waals surface area (Å²) in [6.07, 6.45) is 1.30. The molecular weight excluding hydrogens is 222 g/mol. The van der Waals surface area contributed by atoms with Gasteiger partial charge in [0.2, 0.25) is 0 Å². The molecule has 0 saturated heterocycles. The van der Waals surface area contributed by atoms with Crippen LogP contribution >= 0.6 is 0 Å². The van der Waals surface area contributed by atoms with Crippen molar-refractivity contribution in [1.29, 1.82) is 0 Å². The van der Waals surface area contributed by atoms with E-state index < -0.39 is 5.97 Å². The van der Waals surface area contributed by atoms with Gasteiger partial charge in [0.1, 0.15) is 11.3 Å². The number of carbonyl (C=O) groups is 1. The Morgan fingerprint density at radius 2 is 2.29 bits per heavy atom. The lowest BCUT2D eigenvalue weighted by Crippen LogP contribution is -2.05. The minimum absolute atomic E-state index is 0.0652. The van der Waals surface area contributed by atoms with E-state index in [2.05, 4.69) is 10.1 Å². The molecule has 6 nitrogen and oxygen atoms in total. The molecule has 0 amide bonds. The van der Waals surface area contributed by atoms with Crippen LogP contribution in [0.25, 0.3) is 11.0 Å². The molecule has 0 fully saturated rings. The molecule has 0 aromatic carbocycles. The summed E-state index contributed by atoms with van der Waals surface area (Å²) in [4.78, 5) is 15.2. The van der Waals surface area contributed by atoms with Gasteiger partial charge in [0.05, 0.1) is 17.7 Å². The molecule has 0 atom stereocenters. The SMILES string of the molecule is CCOc1c(C(=O)O)cnc2c1c(C)nn2C. The molecule has 0 spiro atoms. The summed E-state index contributed by atoms with van der Waals surface area (Å²) in [5.41, 5.74) is 1.40. The number of nitrogens with zero attached hydrogens (tertiary/aromatic N) is 3. The molecule has 0 saturated carbocycles. The summed E-state index contributed by atoms with van der Waals surface area (Å²) in [7, 11) is 1.76. The van der Waals surface area contributed by atoms with Crippen molar-refractivity contribution < 1.29 is 14.6 Å². The number of aryl methyl sites for hydroxylation is 2. The maximum absolute atomic E-state index is 11.1. The fraction of sp³-hybridized carbons (Fsp3) is 0.364. The van der Waals surface area contributed by atoms with Crippen molar-refractivity contribution in [2.24, 2.45) is 7.05 Å². The molecule has 0 aliphatic heterocycles. The monoisotopic (exact) mass is 235 g/mol. The Labute approximate surface area is 97.8 Å². The summed E-state index contributed by atoms with van der Waals surface area (Å²) in [6, 6.07) is 0. The van der Waals surface area contributed by atoms with Crippen molar-refractivity contribution in [3.8, 4) is 5.75 Å². The van der Waals surface area contributed by atoms with Crippen LogP contribution in [0.5, 0.6) is 5.75 Å². The second-order valence-corrected chi connectivity index (χ2v) is 3.65. The summed E-state index contributed by atoms with van der Waals surface area (Å²) in [6.45, 7) is 4.01. The average molecular weight is 235 g/mol. The Hall–Kier alpha value is -2.11. The predicted molar refractivity (Wildman–Crippen MR) is 61.4 cm³/mol. The van der Waals surface area contributed by atoms with Crippen molar-refractivity contribution in [2.45, 2.75) is 13.8 Å². The van der Waals surface area contributed by atoms with Crippen LogP contribution in [-0.2, 0) is 7.05 Å². The smallest absolute Gasteiger partial charge is 0.341 e. The normalized spacial score (nSPS) is 10.8. The molecule has 2 rings (SSSR count). The third-order valence-electron chi connectivity index (χ3n) is 2.50. The lowest BCUT2D eigenvalue weighted by atomic mass is 10.2. The van der Waals surface area contributed by atoms with E-state index in [4.69, 9.17) is 9.84 Å². The fourth-order valence-corrected chi connectivity index (χ4v) is 1.83. The molecule has 1 N–H and O–H groups in total. The highest BCUT2D eigenvalue weighted by atomic mass is 16.5. The van der Waals surface area contributed by atoms with Gasteiger partial charge in [0.15, 0.2) is 5.65 Å². The number of hydrogen-bond acceptors (Lipinski definition) is 4. The number of fused-ring (bicyclic) bond motifs is 1. The lowest BCUT2D eigenvalue weighted by molar-refractivity contribution is 0.0692. The van der Waals surface area contributed by atoms with Gasteiger partial charge in [0.25, 0.3) is 0 Å². The van der Waals surface area contributed by atoms with Gasteiger partial charge in [-0.3, -0.25) is 4.68 Å². The van der Waals surface area contributed by atoms with Crippen molar-refractivity contribution in [1.82, 2.24) is 14.8 Å². The molecular formula is C11H13N3O3. The molecule has 2 aromatic heterocycles. The Morgan fingerprint density at radius 1 is 1.59 bits per heavy atom. The third kappa shape index (κ3) is 1.71. The van der Waals surface area contributed by atoms with Crippen molar-refractivity contribution in [3.05, 3.63) is 17.5 Å². The number of carboxylic acids is 1. The fourth-order valence-electron chi connectivity index (χ4n) is 1.83. The van der Waals surface area contributed by atoms with E-state index in [0.717, 1.165) is 0 Å². The van der Waals surface area contributed by atoms with Gasteiger partial charge in [-0.1, -0.05) is 0 Å². The van der Waals surface area contributed by atoms with E-state index in [1.165, 1.54) is 6.20 Å². The van der Waals surface area contributed by atoms with Crippen molar-refractivity contribution in [3.63, 3.8) is 0 Å². The molecule has 6 heteroatoms. The first-order valence-corrected chi connectivity index (χ1v) is 5.24. The zero-order valence-electron chi connectivity index (χ0n) is 9.89. The number of ether oxygens (including phenoxy) is 1. The molecule has 0 aliphatic rings. The van der Waals surface area contributed by atoms with Gasteiger partial charge in [-0.05, 0) is 13.8 Å². The van der Waals surface area contributed by atoms with Gasteiger partial charge < -0.3 is 9.84 Å². The Balaban J connectivity index is 2.82. The van der Waals surface area contributed by atoms with Gasteiger partial charge in [-0.2, -0.15) is 5.10 Å². The summed E-state index contributed by atoms with van der Waals surface area (Å²) in [5, 5.41) is 14.0. The van der Waals surface area contributed by atoms with Gasteiger partial charge in [-0.15, -0.1) is 0 Å². The van der Waals surface area contributed by atoms with Crippen LogP contribution in [0.15, 0.2) is 6.20 Å². The second-order valence-electron chi connectivity index (χ2n) is 3.65. The van der Waals surface area contributed by atoms with Crippen molar-refractivity contribution in [2.75, 3.05) is 6.61 Å². The number of hydrogen-bond donors (Lipinski definition) is 1. The minimum Gasteiger partial charge on any atom is -0.492 e. The van der Waals surface area contributed by atoms with E-state index >= 15 is 0 Å². The van der Waals surface area contributed by atoms with E-state index in [9.17, 15) is 4.79 Å². The molecule has 0 radical (unpaired) electrons. The Bertz CT molecular complexity index is 589.